The Morgan fingerprint density at radius 2 is 1.73 bits per heavy atom. The van der Waals surface area contributed by atoms with Gasteiger partial charge >= 0.3 is 0 Å². The molecule has 2 aromatic carbocycles. The summed E-state index contributed by atoms with van der Waals surface area (Å²) in [5.41, 5.74) is 0.885. The van der Waals surface area contributed by atoms with E-state index < -0.39 is 17.0 Å². The van der Waals surface area contributed by atoms with Crippen LogP contribution in [0.5, 0.6) is 0 Å². The second kappa shape index (κ2) is 9.34. The van der Waals surface area contributed by atoms with E-state index in [1.54, 1.807) is 0 Å². The number of rotatable bonds is 7. The Bertz CT molecular complexity index is 931. The van der Waals surface area contributed by atoms with Gasteiger partial charge in [-0.2, -0.15) is 0 Å². The summed E-state index contributed by atoms with van der Waals surface area (Å²) in [7, 11) is 0. The fraction of sp³-hybridized carbons (Fsp3) is 0.524. The van der Waals surface area contributed by atoms with Gasteiger partial charge in [0.2, 0.25) is 0 Å². The number of nitrogens with zero attached hydrogens (tertiary/aromatic N) is 3. The molecule has 9 heteroatoms. The quantitative estimate of drug-likeness (QED) is 0.604. The molecule has 2 aromatic rings. The highest BCUT2D eigenvalue weighted by molar-refractivity contribution is 6.30. The highest BCUT2D eigenvalue weighted by Crippen LogP contribution is 2.25. The normalized spacial score (nSPS) is 19.3. The Morgan fingerprint density at radius 1 is 1.03 bits per heavy atom. The molecule has 2 aliphatic rings. The molecule has 0 spiro atoms. The van der Waals surface area contributed by atoms with Crippen molar-refractivity contribution in [3.63, 3.8) is 0 Å². The van der Waals surface area contributed by atoms with E-state index in [0.717, 1.165) is 31.9 Å². The lowest BCUT2D eigenvalue weighted by atomic mass is 10.1. The van der Waals surface area contributed by atoms with Crippen LogP contribution in [-0.4, -0.2) is 81.7 Å². The number of hydrogen-bond acceptors (Lipinski definition) is 8. The van der Waals surface area contributed by atoms with E-state index in [1.165, 1.54) is 0 Å². The molecule has 2 heterocycles. The summed E-state index contributed by atoms with van der Waals surface area (Å²) >= 11 is 6.09. The van der Waals surface area contributed by atoms with Crippen LogP contribution in [-0.2, 0) is 4.74 Å². The number of anilines is 3. The molecular formula is C21H27ClN4O4. The van der Waals surface area contributed by atoms with Gasteiger partial charge in [-0.15, -0.1) is 0 Å². The van der Waals surface area contributed by atoms with Gasteiger partial charge < -0.3 is 25.0 Å². The summed E-state index contributed by atoms with van der Waals surface area (Å²) in [5.74, 6) is 0. The molecule has 2 aliphatic heterocycles. The lowest BCUT2D eigenvalue weighted by Gasteiger charge is -2.38. The molecule has 2 saturated heterocycles. The van der Waals surface area contributed by atoms with Gasteiger partial charge in [0.05, 0.1) is 19.3 Å². The Morgan fingerprint density at radius 3 is 2.43 bits per heavy atom. The fourth-order valence-corrected chi connectivity index (χ4v) is 4.26. The highest BCUT2D eigenvalue weighted by Gasteiger charge is 2.29. The third-order valence-electron chi connectivity index (χ3n) is 5.74. The first-order chi connectivity index (χ1) is 14.5. The molecule has 0 amide bonds. The van der Waals surface area contributed by atoms with Crippen molar-refractivity contribution in [2.24, 2.45) is 0 Å². The molecule has 8 nitrogen and oxygen atoms in total. The van der Waals surface area contributed by atoms with Crippen LogP contribution in [0.1, 0.15) is 0 Å². The van der Waals surface area contributed by atoms with Crippen molar-refractivity contribution < 1.29 is 9.84 Å². The first-order valence-corrected chi connectivity index (χ1v) is 10.7. The van der Waals surface area contributed by atoms with Crippen molar-refractivity contribution in [2.45, 2.75) is 6.10 Å². The predicted molar refractivity (Wildman–Crippen MR) is 119 cm³/mol. The standard InChI is InChI=1S/C21H27ClN4O4/c22-15-2-1-3-16(12-15)25-4-6-26(7-5-25)19-18(20(28)21(19)29)23-13-17(27)14-24-8-10-30-11-9-24/h1-3,12,17,23,27H,4-11,13-14H2. The Labute approximate surface area is 180 Å². The Kier molecular flexibility index (Phi) is 6.58. The van der Waals surface area contributed by atoms with Gasteiger partial charge in [-0.3, -0.25) is 14.5 Å². The minimum absolute atomic E-state index is 0.234. The zero-order valence-corrected chi connectivity index (χ0v) is 17.6. The zero-order valence-electron chi connectivity index (χ0n) is 16.8. The van der Waals surface area contributed by atoms with Crippen LogP contribution >= 0.6 is 11.6 Å². The van der Waals surface area contributed by atoms with Crippen molar-refractivity contribution in [1.29, 1.82) is 0 Å². The van der Waals surface area contributed by atoms with Crippen molar-refractivity contribution in [3.05, 3.63) is 49.7 Å². The molecule has 2 N–H and O–H groups in total. The maximum absolute atomic E-state index is 12.2. The molecular weight excluding hydrogens is 408 g/mol. The molecule has 0 saturated carbocycles. The second-order valence-corrected chi connectivity index (χ2v) is 8.22. The van der Waals surface area contributed by atoms with E-state index in [-0.39, 0.29) is 6.54 Å². The lowest BCUT2D eigenvalue weighted by molar-refractivity contribution is 0.0171. The van der Waals surface area contributed by atoms with E-state index in [0.29, 0.717) is 49.2 Å². The van der Waals surface area contributed by atoms with E-state index in [1.807, 2.05) is 29.2 Å². The molecule has 0 radical (unpaired) electrons. The molecule has 2 fully saturated rings. The van der Waals surface area contributed by atoms with Crippen LogP contribution in [0.3, 0.4) is 0 Å². The molecule has 1 atom stereocenters. The van der Waals surface area contributed by atoms with Crippen LogP contribution in [0.25, 0.3) is 0 Å². The number of β-amino-alcohol motifs (C(OH)–C–C–N with tert-alkyl or cyclic N) is 1. The smallest absolute Gasteiger partial charge is 0.253 e. The van der Waals surface area contributed by atoms with Gasteiger partial charge in [0, 0.05) is 63.1 Å². The van der Waals surface area contributed by atoms with Crippen LogP contribution in [0.15, 0.2) is 33.9 Å². The topological polar surface area (TPSA) is 85.3 Å². The predicted octanol–water partition coefficient (Wildman–Crippen LogP) is 0.368. The van der Waals surface area contributed by atoms with E-state index in [2.05, 4.69) is 15.1 Å². The van der Waals surface area contributed by atoms with Crippen LogP contribution in [0, 0.1) is 0 Å². The van der Waals surface area contributed by atoms with Gasteiger partial charge in [-0.05, 0) is 18.2 Å². The largest absolute Gasteiger partial charge is 0.390 e. The third-order valence-corrected chi connectivity index (χ3v) is 5.98. The molecule has 0 aromatic heterocycles. The average Bonchev–Trinajstić information content (AvgIpc) is 2.77. The minimum atomic E-state index is -0.625. The van der Waals surface area contributed by atoms with Crippen LogP contribution in [0.4, 0.5) is 17.1 Å². The first-order valence-electron chi connectivity index (χ1n) is 10.3. The summed E-state index contributed by atoms with van der Waals surface area (Å²) < 4.78 is 5.31. The zero-order chi connectivity index (χ0) is 21.1. The molecule has 4 rings (SSSR count). The molecule has 1 unspecified atom stereocenters. The number of hydrogen-bond donors (Lipinski definition) is 2. The van der Waals surface area contributed by atoms with Gasteiger partial charge in [-0.1, -0.05) is 17.7 Å². The van der Waals surface area contributed by atoms with Gasteiger partial charge in [-0.25, -0.2) is 0 Å². The van der Waals surface area contributed by atoms with E-state index >= 15 is 0 Å². The maximum atomic E-state index is 12.2. The summed E-state index contributed by atoms with van der Waals surface area (Å²) in [4.78, 5) is 30.6. The average molecular weight is 435 g/mol. The van der Waals surface area contributed by atoms with Crippen LogP contribution < -0.4 is 26.0 Å². The van der Waals surface area contributed by atoms with Crippen molar-refractivity contribution in [1.82, 2.24) is 4.90 Å². The van der Waals surface area contributed by atoms with Crippen molar-refractivity contribution >= 4 is 28.7 Å². The minimum Gasteiger partial charge on any atom is -0.390 e. The number of halogens is 1. The molecule has 30 heavy (non-hydrogen) atoms. The number of aliphatic hydroxyl groups excluding tert-OH is 1. The number of piperazine rings is 1. The number of morpholine rings is 1. The van der Waals surface area contributed by atoms with E-state index in [4.69, 9.17) is 16.3 Å². The molecule has 0 aliphatic carbocycles. The Balaban J connectivity index is 1.33. The van der Waals surface area contributed by atoms with Gasteiger partial charge in [0.15, 0.2) is 0 Å². The van der Waals surface area contributed by atoms with Crippen molar-refractivity contribution in [3.8, 4) is 0 Å². The summed E-state index contributed by atoms with van der Waals surface area (Å²) in [6.07, 6.45) is -0.625. The summed E-state index contributed by atoms with van der Waals surface area (Å²) in [6, 6.07) is 7.71. The monoisotopic (exact) mass is 434 g/mol. The molecule has 162 valence electrons. The van der Waals surface area contributed by atoms with Crippen LogP contribution in [0.2, 0.25) is 5.02 Å². The fourth-order valence-electron chi connectivity index (χ4n) is 4.07. The Hall–Kier alpha value is -2.13. The van der Waals surface area contributed by atoms with Gasteiger partial charge in [0.1, 0.15) is 11.4 Å². The number of benzene rings is 1. The lowest BCUT2D eigenvalue weighted by Crippen LogP contribution is -2.52. The SMILES string of the molecule is O=c1c(NCC(O)CN2CCOCC2)c(N2CCN(c3cccc(Cl)c3)CC2)c1=O. The first kappa shape index (κ1) is 21.1. The number of ether oxygens (including phenoxy) is 1. The second-order valence-electron chi connectivity index (χ2n) is 7.78. The van der Waals surface area contributed by atoms with Gasteiger partial charge in [0.25, 0.3) is 10.9 Å². The summed E-state index contributed by atoms with van der Waals surface area (Å²) in [6.45, 7) is 6.42. The third kappa shape index (κ3) is 4.62. The maximum Gasteiger partial charge on any atom is 0.253 e. The molecule has 0 bridgehead atoms. The summed E-state index contributed by atoms with van der Waals surface area (Å²) in [5, 5.41) is 14.0. The van der Waals surface area contributed by atoms with Crippen molar-refractivity contribution in [2.75, 3.05) is 80.7 Å². The number of aliphatic hydroxyl groups is 1. The highest BCUT2D eigenvalue weighted by atomic mass is 35.5. The number of nitrogens with one attached hydrogen (secondary N) is 1. The van der Waals surface area contributed by atoms with E-state index in [9.17, 15) is 14.7 Å².